The van der Waals surface area contributed by atoms with Gasteiger partial charge in [0.15, 0.2) is 0 Å². The molecule has 2 rings (SSSR count). The molecular weight excluding hydrogens is 122 g/mol. The van der Waals surface area contributed by atoms with Crippen LogP contribution in [0.3, 0.4) is 0 Å². The molecule has 0 aliphatic carbocycles. The van der Waals surface area contributed by atoms with Crippen LogP contribution in [-0.4, -0.2) is 4.09 Å². The lowest BCUT2D eigenvalue weighted by atomic mass is 10.4. The first-order valence-corrected chi connectivity index (χ1v) is 2.78. The van der Waals surface area contributed by atoms with Crippen molar-refractivity contribution in [3.63, 3.8) is 0 Å². The minimum atomic E-state index is 1.07. The minimum Gasteiger partial charge on any atom is -0.254 e. The third-order valence-corrected chi connectivity index (χ3v) is 1.69. The van der Waals surface area contributed by atoms with Crippen molar-refractivity contribution in [1.29, 1.82) is 0 Å². The van der Waals surface area contributed by atoms with Gasteiger partial charge in [-0.05, 0) is 24.3 Å². The highest BCUT2D eigenvalue weighted by atomic mass is 35.5. The molecule has 1 nitrogen and oxygen atoms in total. The van der Waals surface area contributed by atoms with E-state index in [9.17, 15) is 0 Å². The fourth-order valence-corrected chi connectivity index (χ4v) is 1.09. The zero-order valence-corrected chi connectivity index (χ0v) is 4.89. The maximum atomic E-state index is 5.71. The van der Waals surface area contributed by atoms with Crippen molar-refractivity contribution in [1.82, 2.24) is 4.09 Å². The predicted molar refractivity (Wildman–Crippen MR) is 34.4 cm³/mol. The molecule has 2 aromatic rings. The lowest BCUT2D eigenvalue weighted by Crippen LogP contribution is -1.66. The summed E-state index contributed by atoms with van der Waals surface area (Å²) in [4.78, 5) is 0. The van der Waals surface area contributed by atoms with E-state index in [2.05, 4.69) is 0 Å². The Morgan fingerprint density at radius 3 is 1.50 bits per heavy atom. The second kappa shape index (κ2) is 1.17. The van der Waals surface area contributed by atoms with Crippen LogP contribution in [0, 0.1) is 0 Å². The number of aromatic nitrogens is 1. The lowest BCUT2D eigenvalue weighted by molar-refractivity contribution is 1.43. The van der Waals surface area contributed by atoms with Crippen molar-refractivity contribution in [3.05, 3.63) is 24.3 Å². The van der Waals surface area contributed by atoms with Gasteiger partial charge in [0.05, 0.1) is 11.0 Å². The summed E-state index contributed by atoms with van der Waals surface area (Å²) in [7, 11) is 0. The smallest absolute Gasteiger partial charge is 0.0582 e. The number of rotatable bonds is 0. The Morgan fingerprint density at radius 1 is 1.00 bits per heavy atom. The van der Waals surface area contributed by atoms with Gasteiger partial charge >= 0.3 is 0 Å². The average molecular weight is 126 g/mol. The zero-order valence-electron chi connectivity index (χ0n) is 4.13. The molecule has 2 aromatic heterocycles. The molecule has 0 amide bonds. The van der Waals surface area contributed by atoms with Gasteiger partial charge in [0.1, 0.15) is 0 Å². The highest BCUT2D eigenvalue weighted by molar-refractivity contribution is 6.20. The molecule has 2 heteroatoms. The molecule has 0 unspecified atom stereocenters. The summed E-state index contributed by atoms with van der Waals surface area (Å²) < 4.78 is 1.64. The molecule has 0 fully saturated rings. The van der Waals surface area contributed by atoms with Gasteiger partial charge in [-0.25, -0.2) is 0 Å². The molecule has 0 radical (unpaired) electrons. The van der Waals surface area contributed by atoms with E-state index in [0.29, 0.717) is 0 Å². The van der Waals surface area contributed by atoms with Gasteiger partial charge in [-0.15, -0.1) is 0 Å². The van der Waals surface area contributed by atoms with E-state index in [1.807, 2.05) is 24.3 Å². The number of hydrogen-bond donors (Lipinski definition) is 0. The number of benzene rings is 1. The third-order valence-electron chi connectivity index (χ3n) is 1.30. The molecule has 40 valence electrons. The van der Waals surface area contributed by atoms with Gasteiger partial charge in [0.25, 0.3) is 0 Å². The topological polar surface area (TPSA) is 4.93 Å². The summed E-state index contributed by atoms with van der Waals surface area (Å²) in [5, 5.41) is 0. The van der Waals surface area contributed by atoms with Gasteiger partial charge in [-0.3, -0.25) is 4.09 Å². The van der Waals surface area contributed by atoms with Crippen molar-refractivity contribution in [2.75, 3.05) is 0 Å². The van der Waals surface area contributed by atoms with Crippen LogP contribution in [0.15, 0.2) is 24.3 Å². The molecule has 0 aromatic carbocycles. The van der Waals surface area contributed by atoms with E-state index in [4.69, 9.17) is 11.8 Å². The molecule has 0 saturated heterocycles. The average Bonchev–Trinajstić information content (AvgIpc) is 2.29. The predicted octanol–water partition coefficient (Wildman–Crippen LogP) is 2.08. The van der Waals surface area contributed by atoms with E-state index in [1.165, 1.54) is 0 Å². The van der Waals surface area contributed by atoms with Crippen LogP contribution in [0.25, 0.3) is 11.0 Å². The summed E-state index contributed by atoms with van der Waals surface area (Å²) in [5.74, 6) is 0. The number of nitrogens with zero attached hydrogens (tertiary/aromatic N) is 1. The summed E-state index contributed by atoms with van der Waals surface area (Å²) in [6.07, 6.45) is 0. The van der Waals surface area contributed by atoms with Crippen LogP contribution in [0.1, 0.15) is 0 Å². The summed E-state index contributed by atoms with van der Waals surface area (Å²) >= 11 is 5.71. The largest absolute Gasteiger partial charge is 0.254 e. The molecule has 2 bridgehead atoms. The van der Waals surface area contributed by atoms with Gasteiger partial charge in [0.2, 0.25) is 0 Å². The van der Waals surface area contributed by atoms with Crippen LogP contribution in [0.5, 0.6) is 0 Å². The molecule has 0 N–H and O–H groups in total. The minimum absolute atomic E-state index is 1.07. The summed E-state index contributed by atoms with van der Waals surface area (Å²) in [6, 6.07) is 7.95. The number of halogens is 1. The van der Waals surface area contributed by atoms with Crippen molar-refractivity contribution in [2.24, 2.45) is 0 Å². The van der Waals surface area contributed by atoms with Gasteiger partial charge in [-0.1, -0.05) is 0 Å². The highest BCUT2D eigenvalue weighted by Gasteiger charge is 1.97. The molecule has 0 aliphatic heterocycles. The second-order valence-electron chi connectivity index (χ2n) is 1.80. The zero-order chi connectivity index (χ0) is 5.56. The molecule has 0 aliphatic rings. The fraction of sp³-hybridized carbons (Fsp3) is 0. The van der Waals surface area contributed by atoms with Crippen LogP contribution in [0.2, 0.25) is 0 Å². The Bertz CT molecular complexity index is 238. The highest BCUT2D eigenvalue weighted by Crippen LogP contribution is 2.16. The first-order valence-electron chi connectivity index (χ1n) is 2.44. The number of hydrogen-bond acceptors (Lipinski definition) is 0. The van der Waals surface area contributed by atoms with Crippen molar-refractivity contribution >= 4 is 22.8 Å². The quantitative estimate of drug-likeness (QED) is 0.508. The second-order valence-corrected chi connectivity index (χ2v) is 2.14. The van der Waals surface area contributed by atoms with Crippen LogP contribution < -0.4 is 0 Å². The summed E-state index contributed by atoms with van der Waals surface area (Å²) in [5.41, 5.74) is 2.14. The van der Waals surface area contributed by atoms with Gasteiger partial charge in [-0.2, -0.15) is 0 Å². The SMILES string of the molecule is Cln1c2ccc1cc2. The Balaban J connectivity index is 3.09. The van der Waals surface area contributed by atoms with Crippen LogP contribution >= 0.6 is 11.8 Å². The standard InChI is InChI=1S/C6H4ClN/c7-8-5-1-2-6(8)4-3-5/h1-4H. The van der Waals surface area contributed by atoms with Crippen molar-refractivity contribution in [3.8, 4) is 0 Å². The van der Waals surface area contributed by atoms with Gasteiger partial charge < -0.3 is 0 Å². The molecular formula is C6H4ClN. The fourth-order valence-electron chi connectivity index (χ4n) is 0.863. The van der Waals surface area contributed by atoms with Crippen LogP contribution in [0.4, 0.5) is 0 Å². The molecule has 0 saturated carbocycles. The van der Waals surface area contributed by atoms with E-state index in [0.717, 1.165) is 11.0 Å². The lowest BCUT2D eigenvalue weighted by Gasteiger charge is -1.80. The van der Waals surface area contributed by atoms with E-state index < -0.39 is 0 Å². The normalized spacial score (nSPS) is 11.1. The van der Waals surface area contributed by atoms with Gasteiger partial charge in [0, 0.05) is 11.8 Å². The molecule has 8 heavy (non-hydrogen) atoms. The van der Waals surface area contributed by atoms with E-state index in [1.54, 1.807) is 4.09 Å². The van der Waals surface area contributed by atoms with Crippen LogP contribution in [-0.2, 0) is 0 Å². The Morgan fingerprint density at radius 2 is 1.38 bits per heavy atom. The third kappa shape index (κ3) is 0.329. The van der Waals surface area contributed by atoms with Crippen molar-refractivity contribution < 1.29 is 0 Å². The monoisotopic (exact) mass is 125 g/mol. The molecule has 0 spiro atoms. The number of fused-ring (bicyclic) bond motifs is 2. The van der Waals surface area contributed by atoms with E-state index in [-0.39, 0.29) is 0 Å². The Hall–Kier alpha value is -0.690. The molecule has 0 atom stereocenters. The molecule has 2 heterocycles. The Labute approximate surface area is 51.9 Å². The first kappa shape index (κ1) is 4.21. The maximum absolute atomic E-state index is 5.71. The van der Waals surface area contributed by atoms with E-state index >= 15 is 0 Å². The first-order chi connectivity index (χ1) is 3.88. The Kier molecular flexibility index (Phi) is 0.619. The van der Waals surface area contributed by atoms with Crippen molar-refractivity contribution in [2.45, 2.75) is 0 Å². The maximum Gasteiger partial charge on any atom is 0.0582 e. The summed E-state index contributed by atoms with van der Waals surface area (Å²) in [6.45, 7) is 0.